The van der Waals surface area contributed by atoms with Crippen LogP contribution in [0, 0.1) is 11.6 Å². The number of halogens is 2. The molecule has 41 heavy (non-hydrogen) atoms. The van der Waals surface area contributed by atoms with Crippen LogP contribution in [0.2, 0.25) is 0 Å². The Morgan fingerprint density at radius 3 is 2.05 bits per heavy atom. The highest BCUT2D eigenvalue weighted by Crippen LogP contribution is 2.61. The number of hydrogen-bond donors (Lipinski definition) is 2. The van der Waals surface area contributed by atoms with E-state index in [9.17, 15) is 23.2 Å². The summed E-state index contributed by atoms with van der Waals surface area (Å²) >= 11 is 1.91. The van der Waals surface area contributed by atoms with E-state index in [1.54, 1.807) is 24.3 Å². The van der Waals surface area contributed by atoms with Crippen molar-refractivity contribution in [2.75, 3.05) is 19.6 Å². The number of piperidine rings is 1. The molecule has 1 fully saturated rings. The van der Waals surface area contributed by atoms with Crippen molar-refractivity contribution < 1.29 is 33.4 Å². The highest BCUT2D eigenvalue weighted by Gasteiger charge is 2.46. The first kappa shape index (κ1) is 30.1. The Kier molecular flexibility index (Phi) is 10.1. The molecule has 1 unspecified atom stereocenters. The molecule has 3 aromatic carbocycles. The van der Waals surface area contributed by atoms with Crippen molar-refractivity contribution in [3.05, 3.63) is 119 Å². The summed E-state index contributed by atoms with van der Waals surface area (Å²) in [6, 6.07) is 21.5. The number of aliphatic carboxylic acids is 2. The summed E-state index contributed by atoms with van der Waals surface area (Å²) in [5.74, 6) is -2.90. The first-order chi connectivity index (χ1) is 19.7. The van der Waals surface area contributed by atoms with Gasteiger partial charge in [-0.15, -0.1) is 11.8 Å². The number of nitrogens with zero attached hydrogens (tertiary/aromatic N) is 1. The maximum absolute atomic E-state index is 14.6. The molecular formula is C32H31F2NO5S. The van der Waals surface area contributed by atoms with E-state index in [1.165, 1.54) is 23.3 Å². The van der Waals surface area contributed by atoms with Gasteiger partial charge in [0.05, 0.1) is 5.25 Å². The minimum Gasteiger partial charge on any atom is -0.478 e. The van der Waals surface area contributed by atoms with Gasteiger partial charge in [-0.2, -0.15) is 0 Å². The Labute approximate surface area is 241 Å². The van der Waals surface area contributed by atoms with Crippen molar-refractivity contribution in [3.8, 4) is 0 Å². The van der Waals surface area contributed by atoms with Gasteiger partial charge in [0.25, 0.3) is 0 Å². The average molecular weight is 580 g/mol. The molecule has 2 aliphatic heterocycles. The summed E-state index contributed by atoms with van der Waals surface area (Å²) in [5.41, 5.74) is 3.95. The fourth-order valence-electron chi connectivity index (χ4n) is 5.32. The lowest BCUT2D eigenvalue weighted by molar-refractivity contribution is -0.134. The number of ketones is 1. The SMILES string of the molecule is O=C(CCCN1CCC2(CC1)SC(c1ccccc1F)c1ccccc12)c1ccc(F)cc1.O=C(O)/C=C\C(=O)O. The monoisotopic (exact) mass is 579 g/mol. The Hall–Kier alpha value is -3.82. The largest absolute Gasteiger partial charge is 0.478 e. The minimum atomic E-state index is -1.26. The zero-order chi connectivity index (χ0) is 29.4. The molecule has 6 nitrogen and oxygen atoms in total. The summed E-state index contributed by atoms with van der Waals surface area (Å²) in [7, 11) is 0. The van der Waals surface area contributed by atoms with Crippen LogP contribution in [0.4, 0.5) is 8.78 Å². The van der Waals surface area contributed by atoms with E-state index in [0.717, 1.165) is 44.5 Å². The highest BCUT2D eigenvalue weighted by atomic mass is 32.2. The van der Waals surface area contributed by atoms with Gasteiger partial charge in [0.2, 0.25) is 0 Å². The van der Waals surface area contributed by atoms with Crippen LogP contribution in [0.5, 0.6) is 0 Å². The van der Waals surface area contributed by atoms with Gasteiger partial charge in [0, 0.05) is 34.4 Å². The van der Waals surface area contributed by atoms with E-state index in [-0.39, 0.29) is 27.4 Å². The number of carbonyl (C=O) groups is 3. The molecule has 2 aliphatic rings. The summed E-state index contributed by atoms with van der Waals surface area (Å²) in [5, 5.41) is 15.7. The molecule has 0 bridgehead atoms. The molecule has 214 valence electrons. The molecule has 1 atom stereocenters. The van der Waals surface area contributed by atoms with Crippen LogP contribution in [0.1, 0.15) is 58.0 Å². The number of fused-ring (bicyclic) bond motifs is 2. The molecule has 0 aliphatic carbocycles. The van der Waals surface area contributed by atoms with Gasteiger partial charge in [-0.3, -0.25) is 4.79 Å². The van der Waals surface area contributed by atoms with E-state index >= 15 is 0 Å². The van der Waals surface area contributed by atoms with Crippen LogP contribution in [0.25, 0.3) is 0 Å². The van der Waals surface area contributed by atoms with Gasteiger partial charge >= 0.3 is 11.9 Å². The van der Waals surface area contributed by atoms with Crippen molar-refractivity contribution in [2.24, 2.45) is 0 Å². The molecule has 0 radical (unpaired) electrons. The maximum Gasteiger partial charge on any atom is 0.328 e. The number of Topliss-reactive ketones (excluding diaryl/α,β-unsaturated/α-hetero) is 1. The van der Waals surface area contributed by atoms with Gasteiger partial charge in [0.15, 0.2) is 5.78 Å². The van der Waals surface area contributed by atoms with Crippen molar-refractivity contribution in [3.63, 3.8) is 0 Å². The van der Waals surface area contributed by atoms with Crippen LogP contribution in [-0.4, -0.2) is 52.5 Å². The topological polar surface area (TPSA) is 94.9 Å². The third-order valence-corrected chi connectivity index (χ3v) is 9.16. The standard InChI is InChI=1S/C28H27F2NOS.C4H4O4/c29-21-13-11-20(12-14-21)26(32)10-5-17-31-18-15-28(16-19-31)24-8-3-1-6-22(24)27(33-28)23-7-2-4-9-25(23)30;5-3(6)1-2-4(7)8/h1-4,6-9,11-14,27H,5,10,15-19H2;1-2H,(H,5,6)(H,7,8)/b;2-1-. The van der Waals surface area contributed by atoms with Gasteiger partial charge in [0.1, 0.15) is 11.6 Å². The minimum absolute atomic E-state index is 0.0178. The fourth-order valence-corrected chi connectivity index (χ4v) is 7.16. The van der Waals surface area contributed by atoms with E-state index in [1.807, 2.05) is 23.9 Å². The number of benzene rings is 3. The van der Waals surface area contributed by atoms with Gasteiger partial charge in [-0.25, -0.2) is 18.4 Å². The molecule has 2 N–H and O–H groups in total. The summed E-state index contributed by atoms with van der Waals surface area (Å²) in [6.45, 7) is 2.82. The van der Waals surface area contributed by atoms with E-state index in [4.69, 9.17) is 10.2 Å². The van der Waals surface area contributed by atoms with Crippen LogP contribution in [-0.2, 0) is 14.3 Å². The fraction of sp³-hybridized carbons (Fsp3) is 0.281. The zero-order valence-corrected chi connectivity index (χ0v) is 23.2. The first-order valence-corrected chi connectivity index (χ1v) is 14.2. The molecule has 0 aromatic heterocycles. The van der Waals surface area contributed by atoms with Crippen LogP contribution >= 0.6 is 11.8 Å². The molecule has 5 rings (SSSR count). The average Bonchev–Trinajstić information content (AvgIpc) is 3.27. The predicted molar refractivity (Wildman–Crippen MR) is 154 cm³/mol. The third-order valence-electron chi connectivity index (χ3n) is 7.34. The van der Waals surface area contributed by atoms with Gasteiger partial charge in [-0.05, 0) is 80.4 Å². The maximum atomic E-state index is 14.6. The highest BCUT2D eigenvalue weighted by molar-refractivity contribution is 8.01. The number of likely N-dealkylation sites (tertiary alicyclic amines) is 1. The molecule has 2 heterocycles. The number of hydrogen-bond acceptors (Lipinski definition) is 5. The zero-order valence-electron chi connectivity index (χ0n) is 22.3. The van der Waals surface area contributed by atoms with Crippen molar-refractivity contribution >= 4 is 29.5 Å². The third kappa shape index (κ3) is 7.68. The normalized spacial score (nSPS) is 17.6. The lowest BCUT2D eigenvalue weighted by atomic mass is 9.84. The number of carbonyl (C=O) groups excluding carboxylic acids is 1. The van der Waals surface area contributed by atoms with Crippen LogP contribution < -0.4 is 0 Å². The Morgan fingerprint density at radius 2 is 1.44 bits per heavy atom. The molecule has 1 saturated heterocycles. The van der Waals surface area contributed by atoms with E-state index < -0.39 is 11.9 Å². The molecule has 9 heteroatoms. The summed E-state index contributed by atoms with van der Waals surface area (Å²) in [6.07, 6.45) is 4.42. The number of carboxylic acid groups (broad SMARTS) is 2. The van der Waals surface area contributed by atoms with Crippen molar-refractivity contribution in [2.45, 2.75) is 35.7 Å². The lowest BCUT2D eigenvalue weighted by Crippen LogP contribution is -2.40. The Balaban J connectivity index is 0.000000426. The lowest BCUT2D eigenvalue weighted by Gasteiger charge is -2.39. The van der Waals surface area contributed by atoms with E-state index in [2.05, 4.69) is 29.2 Å². The predicted octanol–water partition coefficient (Wildman–Crippen LogP) is 6.47. The number of thioether (sulfide) groups is 1. The second-order valence-electron chi connectivity index (χ2n) is 9.99. The number of carboxylic acids is 2. The first-order valence-electron chi connectivity index (χ1n) is 13.4. The Bertz CT molecular complexity index is 1400. The summed E-state index contributed by atoms with van der Waals surface area (Å²) < 4.78 is 27.7. The van der Waals surface area contributed by atoms with Crippen LogP contribution in [0.15, 0.2) is 84.9 Å². The molecule has 3 aromatic rings. The van der Waals surface area contributed by atoms with Gasteiger partial charge in [-0.1, -0.05) is 42.5 Å². The Morgan fingerprint density at radius 1 is 0.854 bits per heavy atom. The molecule has 1 spiro atoms. The second kappa shape index (κ2) is 13.7. The quantitative estimate of drug-likeness (QED) is 0.233. The van der Waals surface area contributed by atoms with Crippen LogP contribution in [0.3, 0.4) is 0 Å². The smallest absolute Gasteiger partial charge is 0.328 e. The number of rotatable bonds is 8. The van der Waals surface area contributed by atoms with Crippen molar-refractivity contribution in [1.82, 2.24) is 4.90 Å². The van der Waals surface area contributed by atoms with Crippen molar-refractivity contribution in [1.29, 1.82) is 0 Å². The molecule has 0 saturated carbocycles. The molecular weight excluding hydrogens is 548 g/mol. The summed E-state index contributed by atoms with van der Waals surface area (Å²) in [4.78, 5) is 33.9. The second-order valence-corrected chi connectivity index (χ2v) is 11.5. The van der Waals surface area contributed by atoms with E-state index in [0.29, 0.717) is 24.1 Å². The molecule has 0 amide bonds. The van der Waals surface area contributed by atoms with Gasteiger partial charge < -0.3 is 15.1 Å².